The van der Waals surface area contributed by atoms with Crippen LogP contribution in [0.3, 0.4) is 0 Å². The van der Waals surface area contributed by atoms with Crippen LogP contribution in [0.2, 0.25) is 5.28 Å². The zero-order chi connectivity index (χ0) is 15.2. The van der Waals surface area contributed by atoms with Crippen molar-refractivity contribution < 1.29 is 4.79 Å². The molecule has 0 fully saturated rings. The van der Waals surface area contributed by atoms with Crippen LogP contribution < -0.4 is 0 Å². The Labute approximate surface area is 131 Å². The first kappa shape index (κ1) is 15.8. The molecule has 0 saturated heterocycles. The first-order valence-corrected chi connectivity index (χ1v) is 7.75. The molecule has 0 aliphatic heterocycles. The lowest BCUT2D eigenvalue weighted by Crippen LogP contribution is -2.31. The average Bonchev–Trinajstić information content (AvgIpc) is 2.83. The number of hydrogen-bond donors (Lipinski definition) is 0. The van der Waals surface area contributed by atoms with Crippen LogP contribution in [0.1, 0.15) is 37.8 Å². The summed E-state index contributed by atoms with van der Waals surface area (Å²) in [5, 5.41) is 0.436. The highest BCUT2D eigenvalue weighted by molar-refractivity contribution is 6.28. The number of carbonyl (C=O) groups is 1. The van der Waals surface area contributed by atoms with E-state index >= 15 is 0 Å². The molecule has 1 aromatic heterocycles. The Balaban J connectivity index is 2.00. The Morgan fingerprint density at radius 1 is 1.57 bits per heavy atom. The van der Waals surface area contributed by atoms with Crippen LogP contribution in [0.15, 0.2) is 30.5 Å². The third-order valence-electron chi connectivity index (χ3n) is 3.95. The van der Waals surface area contributed by atoms with Crippen molar-refractivity contribution in [2.24, 2.45) is 7.05 Å². The molecule has 0 unspecified atom stereocenters. The van der Waals surface area contributed by atoms with Gasteiger partial charge in [-0.15, -0.1) is 0 Å². The molecule has 0 aromatic carbocycles. The number of amides is 1. The summed E-state index contributed by atoms with van der Waals surface area (Å²) < 4.78 is 1.80. The van der Waals surface area contributed by atoms with E-state index in [1.807, 2.05) is 7.05 Å². The average molecular weight is 308 g/mol. The zero-order valence-corrected chi connectivity index (χ0v) is 13.3. The Bertz CT molecular complexity index is 548. The van der Waals surface area contributed by atoms with E-state index < -0.39 is 0 Å². The molecule has 1 heterocycles. The molecule has 0 radical (unpaired) electrons. The molecule has 114 valence electrons. The summed E-state index contributed by atoms with van der Waals surface area (Å²) in [6, 6.07) is 0. The second kappa shape index (κ2) is 7.46. The first-order chi connectivity index (χ1) is 10.1. The van der Waals surface area contributed by atoms with Gasteiger partial charge in [-0.05, 0) is 49.8 Å². The molecular weight excluding hydrogens is 286 g/mol. The minimum absolute atomic E-state index is 0.0521. The standard InChI is InChI=1S/C16H22ClN3O/c1-3-15(21)20(10-9-13-7-5-4-6-8-13)12-14-11-18-16(17)19(14)2/h3,7,11H,1,4-6,8-10,12H2,2H3. The molecule has 0 N–H and O–H groups in total. The largest absolute Gasteiger partial charge is 0.333 e. The van der Waals surface area contributed by atoms with Gasteiger partial charge in [0, 0.05) is 13.6 Å². The van der Waals surface area contributed by atoms with Gasteiger partial charge in [0.15, 0.2) is 0 Å². The van der Waals surface area contributed by atoms with E-state index in [4.69, 9.17) is 11.6 Å². The van der Waals surface area contributed by atoms with Crippen molar-refractivity contribution in [3.8, 4) is 0 Å². The topological polar surface area (TPSA) is 38.1 Å². The van der Waals surface area contributed by atoms with Crippen LogP contribution in [-0.2, 0) is 18.4 Å². The van der Waals surface area contributed by atoms with Crippen molar-refractivity contribution in [2.75, 3.05) is 6.54 Å². The van der Waals surface area contributed by atoms with Crippen molar-refractivity contribution in [1.29, 1.82) is 0 Å². The highest BCUT2D eigenvalue weighted by Crippen LogP contribution is 2.21. The highest BCUT2D eigenvalue weighted by Gasteiger charge is 2.15. The molecule has 1 aliphatic rings. The van der Waals surface area contributed by atoms with Crippen LogP contribution in [0.25, 0.3) is 0 Å². The fourth-order valence-corrected chi connectivity index (χ4v) is 2.73. The van der Waals surface area contributed by atoms with E-state index in [0.29, 0.717) is 18.4 Å². The van der Waals surface area contributed by atoms with Crippen LogP contribution in [0.4, 0.5) is 0 Å². The smallest absolute Gasteiger partial charge is 0.246 e. The fraction of sp³-hybridized carbons (Fsp3) is 0.500. The molecule has 1 aromatic rings. The molecule has 0 spiro atoms. The Kier molecular flexibility index (Phi) is 5.62. The fourth-order valence-electron chi connectivity index (χ4n) is 2.57. The molecule has 2 rings (SSSR count). The summed E-state index contributed by atoms with van der Waals surface area (Å²) in [4.78, 5) is 17.9. The number of carbonyl (C=O) groups excluding carboxylic acids is 1. The minimum atomic E-state index is -0.0521. The maximum Gasteiger partial charge on any atom is 0.246 e. The lowest BCUT2D eigenvalue weighted by Gasteiger charge is -2.23. The van der Waals surface area contributed by atoms with E-state index in [9.17, 15) is 4.79 Å². The van der Waals surface area contributed by atoms with Gasteiger partial charge in [0.25, 0.3) is 0 Å². The van der Waals surface area contributed by atoms with Gasteiger partial charge >= 0.3 is 0 Å². The third-order valence-corrected chi connectivity index (χ3v) is 4.31. The molecule has 0 bridgehead atoms. The number of rotatable bonds is 6. The number of aromatic nitrogens is 2. The molecule has 1 aliphatic carbocycles. The number of allylic oxidation sites excluding steroid dienone is 1. The van der Waals surface area contributed by atoms with Crippen molar-refractivity contribution in [1.82, 2.24) is 14.5 Å². The lowest BCUT2D eigenvalue weighted by molar-refractivity contribution is -0.126. The van der Waals surface area contributed by atoms with Gasteiger partial charge in [-0.1, -0.05) is 18.2 Å². The van der Waals surface area contributed by atoms with Crippen molar-refractivity contribution in [3.05, 3.63) is 41.5 Å². The summed E-state index contributed by atoms with van der Waals surface area (Å²) in [6.45, 7) is 4.81. The second-order valence-corrected chi connectivity index (χ2v) is 5.74. The number of halogens is 1. The predicted octanol–water partition coefficient (Wildman–Crippen LogP) is 3.48. The van der Waals surface area contributed by atoms with E-state index in [0.717, 1.165) is 18.5 Å². The molecular formula is C16H22ClN3O. The van der Waals surface area contributed by atoms with E-state index in [1.54, 1.807) is 15.7 Å². The SMILES string of the molecule is C=CC(=O)N(CCC1=CCCCC1)Cc1cnc(Cl)n1C. The maximum absolute atomic E-state index is 12.0. The Morgan fingerprint density at radius 3 is 2.95 bits per heavy atom. The summed E-state index contributed by atoms with van der Waals surface area (Å²) in [5.41, 5.74) is 2.39. The molecule has 5 heteroatoms. The lowest BCUT2D eigenvalue weighted by atomic mass is 9.97. The molecule has 0 saturated carbocycles. The van der Waals surface area contributed by atoms with Crippen LogP contribution >= 0.6 is 11.6 Å². The molecule has 21 heavy (non-hydrogen) atoms. The molecule has 0 atom stereocenters. The quantitative estimate of drug-likeness (QED) is 0.596. The first-order valence-electron chi connectivity index (χ1n) is 7.37. The van der Waals surface area contributed by atoms with Gasteiger partial charge in [-0.25, -0.2) is 4.98 Å². The number of imidazole rings is 1. The number of nitrogens with zero attached hydrogens (tertiary/aromatic N) is 3. The molecule has 4 nitrogen and oxygen atoms in total. The van der Waals surface area contributed by atoms with Gasteiger partial charge < -0.3 is 9.47 Å². The van der Waals surface area contributed by atoms with Crippen molar-refractivity contribution in [3.63, 3.8) is 0 Å². The third kappa shape index (κ3) is 4.21. The summed E-state index contributed by atoms with van der Waals surface area (Å²) in [7, 11) is 1.85. The maximum atomic E-state index is 12.0. The van der Waals surface area contributed by atoms with E-state index in [-0.39, 0.29) is 5.91 Å². The summed E-state index contributed by atoms with van der Waals surface area (Å²) in [5.74, 6) is -0.0521. The molecule has 1 amide bonds. The Morgan fingerprint density at radius 2 is 2.38 bits per heavy atom. The monoisotopic (exact) mass is 307 g/mol. The number of hydrogen-bond acceptors (Lipinski definition) is 2. The summed E-state index contributed by atoms with van der Waals surface area (Å²) >= 11 is 5.94. The van der Waals surface area contributed by atoms with Crippen LogP contribution in [0.5, 0.6) is 0 Å². The Hall–Kier alpha value is -1.55. The second-order valence-electron chi connectivity index (χ2n) is 5.40. The normalized spacial score (nSPS) is 14.7. The van der Waals surface area contributed by atoms with Crippen molar-refractivity contribution >= 4 is 17.5 Å². The summed E-state index contributed by atoms with van der Waals surface area (Å²) in [6.07, 6.45) is 11.2. The van der Waals surface area contributed by atoms with Gasteiger partial charge in [-0.3, -0.25) is 4.79 Å². The van der Waals surface area contributed by atoms with Gasteiger partial charge in [-0.2, -0.15) is 0 Å². The van der Waals surface area contributed by atoms with Gasteiger partial charge in [0.2, 0.25) is 11.2 Å². The van der Waals surface area contributed by atoms with E-state index in [2.05, 4.69) is 17.6 Å². The van der Waals surface area contributed by atoms with Crippen LogP contribution in [-0.4, -0.2) is 26.9 Å². The minimum Gasteiger partial charge on any atom is -0.333 e. The highest BCUT2D eigenvalue weighted by atomic mass is 35.5. The predicted molar refractivity (Wildman–Crippen MR) is 85.0 cm³/mol. The van der Waals surface area contributed by atoms with Crippen LogP contribution in [0, 0.1) is 0 Å². The van der Waals surface area contributed by atoms with E-state index in [1.165, 1.54) is 30.9 Å². The van der Waals surface area contributed by atoms with Gasteiger partial charge in [0.1, 0.15) is 0 Å². The van der Waals surface area contributed by atoms with Crippen molar-refractivity contribution in [2.45, 2.75) is 38.6 Å². The van der Waals surface area contributed by atoms with Gasteiger partial charge in [0.05, 0.1) is 18.4 Å². The zero-order valence-electron chi connectivity index (χ0n) is 12.5.